The van der Waals surface area contributed by atoms with E-state index in [9.17, 15) is 19.7 Å². The van der Waals surface area contributed by atoms with Crippen molar-refractivity contribution in [2.75, 3.05) is 20.3 Å². The normalized spacial score (nSPS) is 14.2. The number of rotatable bonds is 11. The lowest BCUT2D eigenvalue weighted by Gasteiger charge is -2.23. The van der Waals surface area contributed by atoms with Gasteiger partial charge in [0, 0.05) is 28.9 Å². The minimum atomic E-state index is -0.844. The highest BCUT2D eigenvalue weighted by Crippen LogP contribution is 2.35. The number of nitrogens with zero attached hydrogens (tertiary/aromatic N) is 3. The summed E-state index contributed by atoms with van der Waals surface area (Å²) < 4.78 is 24.4. The number of methoxy groups -OCH3 is 1. The topological polar surface area (TPSA) is 131 Å². The number of carbonyl (C=O) groups excluding carboxylic acids is 1. The molecule has 0 fully saturated rings. The zero-order valence-corrected chi connectivity index (χ0v) is 26.1. The molecule has 0 saturated carbocycles. The molecule has 0 amide bonds. The van der Waals surface area contributed by atoms with Crippen LogP contribution in [0.1, 0.15) is 36.6 Å². The summed E-state index contributed by atoms with van der Waals surface area (Å²) in [5.74, 6) is 0.847. The Hall–Kier alpha value is -4.94. The number of benzene rings is 3. The minimum absolute atomic E-state index is 0.0192. The zero-order chi connectivity index (χ0) is 32.1. The van der Waals surface area contributed by atoms with Crippen molar-refractivity contribution in [1.82, 2.24) is 4.57 Å². The number of hydrogen-bond donors (Lipinski definition) is 0. The Bertz CT molecular complexity index is 1970. The van der Waals surface area contributed by atoms with Crippen LogP contribution in [0.15, 0.2) is 82.2 Å². The van der Waals surface area contributed by atoms with Gasteiger partial charge in [0.1, 0.15) is 12.4 Å². The maximum Gasteiger partial charge on any atom is 0.337 e. The Morgan fingerprint density at radius 3 is 2.42 bits per heavy atom. The molecule has 13 heteroatoms. The molecule has 0 radical (unpaired) electrons. The first-order chi connectivity index (χ1) is 21.7. The lowest BCUT2D eigenvalue weighted by Crippen LogP contribution is -2.39. The van der Waals surface area contributed by atoms with Crippen LogP contribution in [0.4, 0.5) is 5.69 Å². The summed E-state index contributed by atoms with van der Waals surface area (Å²) in [5.41, 5.74) is 1.64. The third kappa shape index (κ3) is 6.76. The van der Waals surface area contributed by atoms with Gasteiger partial charge in [-0.25, -0.2) is 9.79 Å². The van der Waals surface area contributed by atoms with Crippen LogP contribution in [0.5, 0.6) is 17.2 Å². The fraction of sp³-hybridized carbons (Fsp3) is 0.219. The summed E-state index contributed by atoms with van der Waals surface area (Å²) in [5, 5.41) is 11.4. The maximum atomic E-state index is 14.0. The van der Waals surface area contributed by atoms with Gasteiger partial charge in [-0.05, 0) is 73.5 Å². The number of ether oxygens (including phenoxy) is 4. The number of fused-ring (bicyclic) bond motifs is 1. The van der Waals surface area contributed by atoms with Gasteiger partial charge >= 0.3 is 5.97 Å². The Morgan fingerprint density at radius 1 is 1.02 bits per heavy atom. The number of non-ortho nitro benzene ring substituents is 1. The van der Waals surface area contributed by atoms with E-state index in [1.165, 1.54) is 30.0 Å². The molecular formula is C32H28ClN3O8S. The fourth-order valence-electron chi connectivity index (χ4n) is 4.77. The van der Waals surface area contributed by atoms with Crippen molar-refractivity contribution in [3.63, 3.8) is 0 Å². The van der Waals surface area contributed by atoms with Gasteiger partial charge in [0.15, 0.2) is 16.3 Å². The van der Waals surface area contributed by atoms with Crippen LogP contribution in [-0.2, 0) is 16.1 Å². The fourth-order valence-corrected chi connectivity index (χ4v) is 5.91. The van der Waals surface area contributed by atoms with Crippen molar-refractivity contribution in [1.29, 1.82) is 0 Å². The summed E-state index contributed by atoms with van der Waals surface area (Å²) in [6.07, 6.45) is 3.07. The molecule has 4 aromatic rings. The van der Waals surface area contributed by atoms with E-state index in [1.54, 1.807) is 54.6 Å². The number of aromatic nitrogens is 1. The third-order valence-corrected chi connectivity index (χ3v) is 8.04. The molecular weight excluding hydrogens is 622 g/mol. The minimum Gasteiger partial charge on any atom is -0.490 e. The maximum absolute atomic E-state index is 14.0. The van der Waals surface area contributed by atoms with E-state index in [0.29, 0.717) is 55.9 Å². The first kappa shape index (κ1) is 31.5. The molecule has 1 aromatic heterocycles. The number of carbonyl (C=O) groups is 1. The van der Waals surface area contributed by atoms with Crippen molar-refractivity contribution < 1.29 is 28.7 Å². The van der Waals surface area contributed by atoms with Gasteiger partial charge in [0.25, 0.3) is 11.2 Å². The molecule has 45 heavy (non-hydrogen) atoms. The summed E-state index contributed by atoms with van der Waals surface area (Å²) in [4.78, 5) is 42.2. The number of hydrogen-bond acceptors (Lipinski definition) is 10. The lowest BCUT2D eigenvalue weighted by molar-refractivity contribution is -0.384. The van der Waals surface area contributed by atoms with Crippen molar-refractivity contribution in [2.24, 2.45) is 4.99 Å². The van der Waals surface area contributed by atoms with Crippen LogP contribution in [0.3, 0.4) is 0 Å². The molecule has 0 bridgehead atoms. The Morgan fingerprint density at radius 2 is 1.73 bits per heavy atom. The smallest absolute Gasteiger partial charge is 0.337 e. The summed E-state index contributed by atoms with van der Waals surface area (Å²) >= 11 is 7.47. The van der Waals surface area contributed by atoms with Crippen molar-refractivity contribution >= 4 is 40.7 Å². The van der Waals surface area contributed by atoms with E-state index in [0.717, 1.165) is 16.9 Å². The first-order valence-electron chi connectivity index (χ1n) is 13.9. The second-order valence-corrected chi connectivity index (χ2v) is 11.1. The van der Waals surface area contributed by atoms with Crippen molar-refractivity contribution in [3.8, 4) is 17.2 Å². The summed E-state index contributed by atoms with van der Waals surface area (Å²) in [6.45, 7) is 4.67. The number of nitro groups is 1. The molecule has 1 atom stereocenters. The molecule has 2 heterocycles. The van der Waals surface area contributed by atoms with Gasteiger partial charge in [-0.3, -0.25) is 19.5 Å². The monoisotopic (exact) mass is 649 g/mol. The van der Waals surface area contributed by atoms with Crippen LogP contribution in [0.2, 0.25) is 5.02 Å². The molecule has 232 valence electrons. The Labute approximate surface area is 266 Å². The average molecular weight is 650 g/mol. The summed E-state index contributed by atoms with van der Waals surface area (Å²) in [6, 6.07) is 15.5. The van der Waals surface area contributed by atoms with E-state index >= 15 is 0 Å². The van der Waals surface area contributed by atoms with Crippen molar-refractivity contribution in [2.45, 2.75) is 26.5 Å². The first-order valence-corrected chi connectivity index (χ1v) is 15.1. The predicted molar refractivity (Wildman–Crippen MR) is 169 cm³/mol. The number of halogens is 1. The second kappa shape index (κ2) is 13.8. The SMILES string of the molecule is CCOc1ccc([C@@H]2C(C(=O)OC)=CN=c3s/c(=C/c4cc(Cl)ccc4OCc4ccc([N+](=O)[O-])cc4)c(=O)n32)cc1OCC. The largest absolute Gasteiger partial charge is 0.490 e. The highest BCUT2D eigenvalue weighted by Gasteiger charge is 2.31. The van der Waals surface area contributed by atoms with Crippen molar-refractivity contribution in [3.05, 3.63) is 124 Å². The second-order valence-electron chi connectivity index (χ2n) is 9.64. The van der Waals surface area contributed by atoms with Gasteiger partial charge in [0.05, 0.1) is 41.4 Å². The van der Waals surface area contributed by atoms with Crippen LogP contribution < -0.4 is 29.1 Å². The molecule has 0 unspecified atom stereocenters. The molecule has 0 saturated heterocycles. The molecule has 1 aliphatic rings. The lowest BCUT2D eigenvalue weighted by atomic mass is 9.97. The van der Waals surface area contributed by atoms with Crippen LogP contribution in [-0.4, -0.2) is 35.8 Å². The standard InChI is InChI=1S/C32H28ClN3O8S/c1-4-42-26-12-8-20(15-27(26)43-5-2)29-24(31(38)41-3)17-34-32-35(29)30(37)28(45-32)16-21-14-22(33)9-13-25(21)44-18-19-6-10-23(11-7-19)36(39)40/h6-17,29H,4-5,18H2,1-3H3/b28-16+/t29-/m1/s1. The molecule has 11 nitrogen and oxygen atoms in total. The van der Waals surface area contributed by atoms with Gasteiger partial charge in [-0.1, -0.05) is 29.0 Å². The van der Waals surface area contributed by atoms with Gasteiger partial charge in [-0.15, -0.1) is 0 Å². The highest BCUT2D eigenvalue weighted by molar-refractivity contribution is 7.07. The molecule has 0 aliphatic carbocycles. The van der Waals surface area contributed by atoms with Gasteiger partial charge in [0.2, 0.25) is 0 Å². The number of esters is 1. The third-order valence-electron chi connectivity index (χ3n) is 6.81. The van der Waals surface area contributed by atoms with E-state index < -0.39 is 16.9 Å². The van der Waals surface area contributed by atoms with E-state index in [-0.39, 0.29) is 23.4 Å². The highest BCUT2D eigenvalue weighted by atomic mass is 35.5. The predicted octanol–water partition coefficient (Wildman–Crippen LogP) is 4.96. The van der Waals surface area contributed by atoms with E-state index in [4.69, 9.17) is 30.5 Å². The van der Waals surface area contributed by atoms with Gasteiger partial charge < -0.3 is 18.9 Å². The van der Waals surface area contributed by atoms with Gasteiger partial charge in [-0.2, -0.15) is 0 Å². The average Bonchev–Trinajstić information content (AvgIpc) is 3.35. The van der Waals surface area contributed by atoms with E-state index in [2.05, 4.69) is 4.99 Å². The van der Waals surface area contributed by atoms with E-state index in [1.807, 2.05) is 13.8 Å². The molecule has 0 N–H and O–H groups in total. The number of thiazole rings is 1. The zero-order valence-electron chi connectivity index (χ0n) is 24.5. The molecule has 1 aliphatic heterocycles. The molecule has 3 aromatic carbocycles. The molecule has 5 rings (SSSR count). The van der Waals surface area contributed by atoms with Crippen LogP contribution >= 0.6 is 22.9 Å². The Balaban J connectivity index is 1.57. The quantitative estimate of drug-likeness (QED) is 0.127. The van der Waals surface area contributed by atoms with Crippen LogP contribution in [0, 0.1) is 10.1 Å². The molecule has 0 spiro atoms. The van der Waals surface area contributed by atoms with Crippen LogP contribution in [0.25, 0.3) is 6.08 Å². The number of nitro benzene ring substituents is 1. The summed E-state index contributed by atoms with van der Waals surface area (Å²) in [7, 11) is 1.27. The Kier molecular flexibility index (Phi) is 9.65.